The predicted octanol–water partition coefficient (Wildman–Crippen LogP) is 2.17. The molecule has 0 saturated heterocycles. The number of H-pyrrole nitrogens is 1. The van der Waals surface area contributed by atoms with Crippen LogP contribution in [0, 0.1) is 11.3 Å². The number of aromatic amines is 1. The van der Waals surface area contributed by atoms with Gasteiger partial charge in [0.05, 0.1) is 27.7 Å². The second-order valence-electron chi connectivity index (χ2n) is 8.62. The smallest absolute Gasteiger partial charge is 0.266 e. The fourth-order valence-electron chi connectivity index (χ4n) is 3.69. The van der Waals surface area contributed by atoms with Gasteiger partial charge >= 0.3 is 0 Å². The highest BCUT2D eigenvalue weighted by atomic mass is 32.2. The quantitative estimate of drug-likeness (QED) is 0.737. The van der Waals surface area contributed by atoms with Crippen LogP contribution in [0.1, 0.15) is 46.5 Å². The van der Waals surface area contributed by atoms with E-state index in [0.29, 0.717) is 29.8 Å². The molecule has 0 amide bonds. The van der Waals surface area contributed by atoms with E-state index in [1.807, 2.05) is 0 Å². The molecule has 3 rings (SSSR count). The van der Waals surface area contributed by atoms with Crippen molar-refractivity contribution in [2.24, 2.45) is 11.3 Å². The third kappa shape index (κ3) is 4.56. The van der Waals surface area contributed by atoms with Crippen LogP contribution in [0.3, 0.4) is 0 Å². The van der Waals surface area contributed by atoms with Crippen molar-refractivity contribution >= 4 is 21.1 Å². The number of aromatic nitrogens is 2. The average molecular weight is 394 g/mol. The minimum atomic E-state index is -3.78. The van der Waals surface area contributed by atoms with Crippen LogP contribution >= 0.6 is 0 Å². The molecule has 148 valence electrons. The number of benzene rings is 1. The summed E-state index contributed by atoms with van der Waals surface area (Å²) in [4.78, 5) is 17.9. The molecular formula is C19H27N3O4S. The SMILES string of the molecule is CC(C)(C)C1CCC(O)(CNS(=O)(=O)c2ccc3[nH]c(=O)cnc3c2)CC1. The van der Waals surface area contributed by atoms with E-state index in [2.05, 4.69) is 35.5 Å². The Bertz CT molecular complexity index is 984. The molecule has 27 heavy (non-hydrogen) atoms. The zero-order valence-electron chi connectivity index (χ0n) is 15.9. The van der Waals surface area contributed by atoms with E-state index < -0.39 is 15.6 Å². The number of hydrogen-bond acceptors (Lipinski definition) is 5. The minimum absolute atomic E-state index is 0.0106. The van der Waals surface area contributed by atoms with Crippen LogP contribution in [0.4, 0.5) is 0 Å². The lowest BCUT2D eigenvalue weighted by atomic mass is 9.68. The van der Waals surface area contributed by atoms with E-state index >= 15 is 0 Å². The molecule has 7 nitrogen and oxygen atoms in total. The largest absolute Gasteiger partial charge is 0.389 e. The van der Waals surface area contributed by atoms with E-state index in [-0.39, 0.29) is 22.4 Å². The van der Waals surface area contributed by atoms with Crippen molar-refractivity contribution in [2.75, 3.05) is 6.54 Å². The number of nitrogens with one attached hydrogen (secondary N) is 2. The second-order valence-corrected chi connectivity index (χ2v) is 10.4. The van der Waals surface area contributed by atoms with Crippen molar-refractivity contribution < 1.29 is 13.5 Å². The van der Waals surface area contributed by atoms with Gasteiger partial charge in [-0.15, -0.1) is 0 Å². The maximum absolute atomic E-state index is 12.6. The number of rotatable bonds is 4. The number of nitrogens with zero attached hydrogens (tertiary/aromatic N) is 1. The molecule has 0 atom stereocenters. The Morgan fingerprint density at radius 3 is 2.59 bits per heavy atom. The lowest BCUT2D eigenvalue weighted by Gasteiger charge is -2.41. The Labute approximate surface area is 159 Å². The number of sulfonamides is 1. The summed E-state index contributed by atoms with van der Waals surface area (Å²) in [6, 6.07) is 4.35. The van der Waals surface area contributed by atoms with Crippen molar-refractivity contribution in [1.82, 2.24) is 14.7 Å². The molecule has 1 aliphatic carbocycles. The van der Waals surface area contributed by atoms with Crippen LogP contribution in [0.5, 0.6) is 0 Å². The topological polar surface area (TPSA) is 112 Å². The summed E-state index contributed by atoms with van der Waals surface area (Å²) in [6.45, 7) is 6.59. The average Bonchev–Trinajstić information content (AvgIpc) is 2.59. The van der Waals surface area contributed by atoms with E-state index in [1.165, 1.54) is 18.2 Å². The summed E-state index contributed by atoms with van der Waals surface area (Å²) in [5, 5.41) is 10.8. The molecule has 1 aliphatic rings. The minimum Gasteiger partial charge on any atom is -0.389 e. The second kappa shape index (κ2) is 7.00. The van der Waals surface area contributed by atoms with Crippen molar-refractivity contribution in [3.63, 3.8) is 0 Å². The van der Waals surface area contributed by atoms with Gasteiger partial charge in [0.1, 0.15) is 0 Å². The fraction of sp³-hybridized carbons (Fsp3) is 0.579. The summed E-state index contributed by atoms with van der Waals surface area (Å²) in [5.74, 6) is 0.531. The zero-order valence-corrected chi connectivity index (χ0v) is 16.8. The Balaban J connectivity index is 1.70. The van der Waals surface area contributed by atoms with E-state index in [4.69, 9.17) is 0 Å². The number of aliphatic hydroxyl groups is 1. The van der Waals surface area contributed by atoms with Gasteiger partial charge in [0.2, 0.25) is 10.0 Å². The summed E-state index contributed by atoms with van der Waals surface area (Å²) in [6.07, 6.45) is 4.04. The third-order valence-electron chi connectivity index (χ3n) is 5.59. The maximum atomic E-state index is 12.6. The summed E-state index contributed by atoms with van der Waals surface area (Å²) in [5.41, 5.74) is -0.304. The molecule has 0 spiro atoms. The zero-order chi connectivity index (χ0) is 19.9. The van der Waals surface area contributed by atoms with Gasteiger partial charge in [-0.3, -0.25) is 4.79 Å². The standard InChI is InChI=1S/C19H27N3O4S/c1-18(2,3)13-6-8-19(24,9-7-13)12-21-27(25,26)14-4-5-15-16(10-14)20-11-17(23)22-15/h4-5,10-11,13,21,24H,6-9,12H2,1-3H3,(H,22,23). The summed E-state index contributed by atoms with van der Waals surface area (Å²) < 4.78 is 27.8. The van der Waals surface area contributed by atoms with Gasteiger partial charge in [0.25, 0.3) is 5.56 Å². The summed E-state index contributed by atoms with van der Waals surface area (Å²) in [7, 11) is -3.78. The summed E-state index contributed by atoms with van der Waals surface area (Å²) >= 11 is 0. The Morgan fingerprint density at radius 2 is 1.96 bits per heavy atom. The first-order valence-corrected chi connectivity index (χ1v) is 10.7. The molecule has 0 radical (unpaired) electrons. The molecule has 3 N–H and O–H groups in total. The van der Waals surface area contributed by atoms with Crippen LogP contribution < -0.4 is 10.3 Å². The third-order valence-corrected chi connectivity index (χ3v) is 6.99. The van der Waals surface area contributed by atoms with Crippen LogP contribution in [-0.4, -0.2) is 35.6 Å². The highest BCUT2D eigenvalue weighted by Gasteiger charge is 2.38. The van der Waals surface area contributed by atoms with Crippen LogP contribution in [0.25, 0.3) is 11.0 Å². The molecule has 1 aromatic carbocycles. The lowest BCUT2D eigenvalue weighted by molar-refractivity contribution is -0.0201. The lowest BCUT2D eigenvalue weighted by Crippen LogP contribution is -2.46. The molecule has 0 bridgehead atoms. The van der Waals surface area contributed by atoms with Crippen LogP contribution in [-0.2, 0) is 10.0 Å². The molecule has 1 fully saturated rings. The maximum Gasteiger partial charge on any atom is 0.266 e. The Hall–Kier alpha value is -1.77. The molecular weight excluding hydrogens is 366 g/mol. The predicted molar refractivity (Wildman–Crippen MR) is 104 cm³/mol. The van der Waals surface area contributed by atoms with Gasteiger partial charge in [0.15, 0.2) is 0 Å². The van der Waals surface area contributed by atoms with Gasteiger partial charge in [-0.1, -0.05) is 20.8 Å². The van der Waals surface area contributed by atoms with E-state index in [1.54, 1.807) is 0 Å². The van der Waals surface area contributed by atoms with Crippen molar-refractivity contribution in [3.05, 3.63) is 34.7 Å². The van der Waals surface area contributed by atoms with Crippen LogP contribution in [0.2, 0.25) is 0 Å². The van der Waals surface area contributed by atoms with Gasteiger partial charge in [-0.25, -0.2) is 18.1 Å². The van der Waals surface area contributed by atoms with Gasteiger partial charge in [-0.2, -0.15) is 0 Å². The number of fused-ring (bicyclic) bond motifs is 1. The van der Waals surface area contributed by atoms with Crippen molar-refractivity contribution in [1.29, 1.82) is 0 Å². The van der Waals surface area contributed by atoms with E-state index in [0.717, 1.165) is 19.0 Å². The van der Waals surface area contributed by atoms with E-state index in [9.17, 15) is 18.3 Å². The van der Waals surface area contributed by atoms with Crippen molar-refractivity contribution in [2.45, 2.75) is 57.0 Å². The molecule has 1 saturated carbocycles. The first kappa shape index (κ1) is 20.0. The number of hydrogen-bond donors (Lipinski definition) is 3. The van der Waals surface area contributed by atoms with Gasteiger partial charge in [-0.05, 0) is 55.2 Å². The first-order chi connectivity index (χ1) is 12.5. The van der Waals surface area contributed by atoms with Gasteiger partial charge in [0, 0.05) is 6.54 Å². The highest BCUT2D eigenvalue weighted by Crippen LogP contribution is 2.41. The molecule has 8 heteroatoms. The Morgan fingerprint density at radius 1 is 1.30 bits per heavy atom. The monoisotopic (exact) mass is 393 g/mol. The molecule has 2 aromatic rings. The first-order valence-electron chi connectivity index (χ1n) is 9.20. The van der Waals surface area contributed by atoms with Crippen LogP contribution in [0.15, 0.2) is 34.1 Å². The Kier molecular flexibility index (Phi) is 5.18. The fourth-order valence-corrected chi connectivity index (χ4v) is 4.83. The normalized spacial score (nSPS) is 24.2. The van der Waals surface area contributed by atoms with Crippen molar-refractivity contribution in [3.8, 4) is 0 Å². The molecule has 0 unspecified atom stereocenters. The van der Waals surface area contributed by atoms with Gasteiger partial charge < -0.3 is 10.1 Å². The molecule has 0 aliphatic heterocycles. The molecule has 1 aromatic heterocycles. The highest BCUT2D eigenvalue weighted by molar-refractivity contribution is 7.89. The molecule has 1 heterocycles.